The van der Waals surface area contributed by atoms with E-state index >= 15 is 0 Å². The van der Waals surface area contributed by atoms with E-state index in [1.807, 2.05) is 24.3 Å². The molecule has 4 heteroatoms. The number of carboxylic acids is 1. The van der Waals surface area contributed by atoms with Crippen LogP contribution >= 0.6 is 0 Å². The Balaban J connectivity index is 1.74. The van der Waals surface area contributed by atoms with Crippen molar-refractivity contribution in [2.75, 3.05) is 0 Å². The average Bonchev–Trinajstić information content (AvgIpc) is 2.42. The lowest BCUT2D eigenvalue weighted by atomic mass is 9.77. The van der Waals surface area contributed by atoms with Crippen molar-refractivity contribution in [2.45, 2.75) is 51.5 Å². The second-order valence-electron chi connectivity index (χ2n) is 5.89. The van der Waals surface area contributed by atoms with Gasteiger partial charge in [0.15, 0.2) is 0 Å². The van der Waals surface area contributed by atoms with Crippen LogP contribution < -0.4 is 5.32 Å². The van der Waals surface area contributed by atoms with Crippen molar-refractivity contribution < 1.29 is 14.7 Å². The molecule has 0 heterocycles. The molecule has 0 aliphatic heterocycles. The quantitative estimate of drug-likeness (QED) is 0.811. The molecular weight excluding hydrogens is 266 g/mol. The number of carbonyl (C=O) groups is 2. The highest BCUT2D eigenvalue weighted by atomic mass is 16.4. The number of nitrogens with one attached hydrogen (secondary N) is 1. The highest BCUT2D eigenvalue weighted by molar-refractivity contribution is 5.94. The second kappa shape index (κ2) is 7.25. The Labute approximate surface area is 125 Å². The van der Waals surface area contributed by atoms with E-state index in [1.165, 1.54) is 5.56 Å². The lowest BCUT2D eigenvalue weighted by Gasteiger charge is -2.35. The number of carbonyl (C=O) groups excluding carboxylic acids is 1. The highest BCUT2D eigenvalue weighted by Gasteiger charge is 2.30. The van der Waals surface area contributed by atoms with E-state index in [0.29, 0.717) is 17.9 Å². The molecule has 0 aromatic heterocycles. The third-order valence-electron chi connectivity index (χ3n) is 4.09. The summed E-state index contributed by atoms with van der Waals surface area (Å²) in [5.74, 6) is -0.326. The van der Waals surface area contributed by atoms with Crippen LogP contribution in [0.25, 0.3) is 0 Å². The van der Waals surface area contributed by atoms with Crippen LogP contribution in [0.15, 0.2) is 24.3 Å². The van der Waals surface area contributed by atoms with Crippen LogP contribution in [0.4, 0.5) is 0 Å². The first-order chi connectivity index (χ1) is 10.1. The summed E-state index contributed by atoms with van der Waals surface area (Å²) < 4.78 is 0. The van der Waals surface area contributed by atoms with Crippen molar-refractivity contribution in [3.63, 3.8) is 0 Å². The van der Waals surface area contributed by atoms with E-state index in [-0.39, 0.29) is 18.4 Å². The van der Waals surface area contributed by atoms with Crippen molar-refractivity contribution in [1.29, 1.82) is 0 Å². The number of carboxylic acid groups (broad SMARTS) is 1. The second-order valence-corrected chi connectivity index (χ2v) is 5.89. The Bertz CT molecular complexity index is 489. The topological polar surface area (TPSA) is 66.4 Å². The van der Waals surface area contributed by atoms with E-state index in [0.717, 1.165) is 25.7 Å². The smallest absolute Gasteiger partial charge is 0.303 e. The number of hydrogen-bond donors (Lipinski definition) is 2. The molecule has 4 nitrogen and oxygen atoms in total. The number of amides is 1. The Morgan fingerprint density at radius 1 is 1.24 bits per heavy atom. The monoisotopic (exact) mass is 289 g/mol. The van der Waals surface area contributed by atoms with E-state index < -0.39 is 5.97 Å². The van der Waals surface area contributed by atoms with Crippen LogP contribution in [0, 0.1) is 5.92 Å². The third-order valence-corrected chi connectivity index (χ3v) is 4.09. The molecule has 0 unspecified atom stereocenters. The van der Waals surface area contributed by atoms with Crippen molar-refractivity contribution in [3.05, 3.63) is 35.4 Å². The third kappa shape index (κ3) is 4.59. The Hall–Kier alpha value is -1.84. The van der Waals surface area contributed by atoms with E-state index in [9.17, 15) is 9.59 Å². The average molecular weight is 289 g/mol. The molecule has 2 rings (SSSR count). The molecule has 0 atom stereocenters. The summed E-state index contributed by atoms with van der Waals surface area (Å²) in [7, 11) is 0. The van der Waals surface area contributed by atoms with Gasteiger partial charge < -0.3 is 10.4 Å². The van der Waals surface area contributed by atoms with Crippen LogP contribution in [0.2, 0.25) is 0 Å². The molecule has 0 radical (unpaired) electrons. The van der Waals surface area contributed by atoms with Crippen LogP contribution in [0.5, 0.6) is 0 Å². The number of hydrogen-bond acceptors (Lipinski definition) is 2. The maximum Gasteiger partial charge on any atom is 0.303 e. The molecular formula is C17H23NO3. The maximum absolute atomic E-state index is 12.1. The maximum atomic E-state index is 12.1. The van der Waals surface area contributed by atoms with E-state index in [1.54, 1.807) is 0 Å². The van der Waals surface area contributed by atoms with Crippen LogP contribution in [0.3, 0.4) is 0 Å². The minimum Gasteiger partial charge on any atom is -0.481 e. The van der Waals surface area contributed by atoms with Crippen LogP contribution in [0.1, 0.15) is 54.9 Å². The summed E-state index contributed by atoms with van der Waals surface area (Å²) in [6.45, 7) is 2.14. The van der Waals surface area contributed by atoms with Gasteiger partial charge in [-0.25, -0.2) is 0 Å². The lowest BCUT2D eigenvalue weighted by molar-refractivity contribution is -0.137. The predicted octanol–water partition coefficient (Wildman–Crippen LogP) is 3.01. The zero-order chi connectivity index (χ0) is 15.2. The van der Waals surface area contributed by atoms with Gasteiger partial charge in [0.1, 0.15) is 0 Å². The molecule has 2 N–H and O–H groups in total. The molecule has 1 fully saturated rings. The molecule has 21 heavy (non-hydrogen) atoms. The minimum atomic E-state index is -0.741. The predicted molar refractivity (Wildman–Crippen MR) is 81.3 cm³/mol. The Morgan fingerprint density at radius 3 is 2.48 bits per heavy atom. The minimum absolute atomic E-state index is 0.0280. The number of benzene rings is 1. The summed E-state index contributed by atoms with van der Waals surface area (Å²) in [6.07, 6.45) is 4.87. The summed E-state index contributed by atoms with van der Waals surface area (Å²) in [4.78, 5) is 22.6. The van der Waals surface area contributed by atoms with Gasteiger partial charge in [-0.05, 0) is 49.3 Å². The normalized spacial score (nSPS) is 20.6. The van der Waals surface area contributed by atoms with Crippen molar-refractivity contribution >= 4 is 11.9 Å². The fraction of sp³-hybridized carbons (Fsp3) is 0.529. The first-order valence-corrected chi connectivity index (χ1v) is 7.70. The van der Waals surface area contributed by atoms with E-state index in [4.69, 9.17) is 5.11 Å². The van der Waals surface area contributed by atoms with Gasteiger partial charge in [0.2, 0.25) is 0 Å². The molecule has 0 saturated heterocycles. The number of aryl methyl sites for hydroxylation is 1. The standard InChI is InChI=1S/C17H23NO3/c1-2-3-12-4-7-14(8-5-12)17(21)18-15-10-13(11-15)6-9-16(19)20/h4-5,7-8,13,15H,2-3,6,9-11H2,1H3,(H,18,21)(H,19,20). The van der Waals surface area contributed by atoms with Gasteiger partial charge in [-0.15, -0.1) is 0 Å². The molecule has 1 aliphatic rings. The molecule has 1 aromatic carbocycles. The number of rotatable bonds is 7. The van der Waals surface area contributed by atoms with Gasteiger partial charge in [-0.2, -0.15) is 0 Å². The first kappa shape index (κ1) is 15.5. The number of aliphatic carboxylic acids is 1. The molecule has 0 spiro atoms. The van der Waals surface area contributed by atoms with Gasteiger partial charge in [0, 0.05) is 18.0 Å². The van der Waals surface area contributed by atoms with Crippen molar-refractivity contribution in [1.82, 2.24) is 5.32 Å². The van der Waals surface area contributed by atoms with E-state index in [2.05, 4.69) is 12.2 Å². The van der Waals surface area contributed by atoms with Gasteiger partial charge in [0.25, 0.3) is 5.91 Å². The lowest BCUT2D eigenvalue weighted by Crippen LogP contribution is -2.44. The first-order valence-electron chi connectivity index (χ1n) is 7.70. The summed E-state index contributed by atoms with van der Waals surface area (Å²) >= 11 is 0. The van der Waals surface area contributed by atoms with Gasteiger partial charge in [0.05, 0.1) is 0 Å². The molecule has 0 bridgehead atoms. The van der Waals surface area contributed by atoms with Crippen molar-refractivity contribution in [3.8, 4) is 0 Å². The summed E-state index contributed by atoms with van der Waals surface area (Å²) in [6, 6.07) is 7.97. The van der Waals surface area contributed by atoms with Crippen LogP contribution in [-0.2, 0) is 11.2 Å². The van der Waals surface area contributed by atoms with Gasteiger partial charge in [-0.3, -0.25) is 9.59 Å². The summed E-state index contributed by atoms with van der Waals surface area (Å²) in [5, 5.41) is 11.6. The zero-order valence-corrected chi connectivity index (χ0v) is 12.5. The largest absolute Gasteiger partial charge is 0.481 e. The molecule has 1 saturated carbocycles. The summed E-state index contributed by atoms with van der Waals surface area (Å²) in [5.41, 5.74) is 1.95. The van der Waals surface area contributed by atoms with Gasteiger partial charge >= 0.3 is 5.97 Å². The van der Waals surface area contributed by atoms with Crippen LogP contribution in [-0.4, -0.2) is 23.0 Å². The van der Waals surface area contributed by atoms with Gasteiger partial charge in [-0.1, -0.05) is 25.5 Å². The SMILES string of the molecule is CCCc1ccc(C(=O)NC2CC(CCC(=O)O)C2)cc1. The molecule has 1 aromatic rings. The fourth-order valence-electron chi connectivity index (χ4n) is 2.80. The molecule has 1 amide bonds. The molecule has 1 aliphatic carbocycles. The fourth-order valence-corrected chi connectivity index (χ4v) is 2.80. The Morgan fingerprint density at radius 2 is 1.90 bits per heavy atom. The van der Waals surface area contributed by atoms with Crippen molar-refractivity contribution in [2.24, 2.45) is 5.92 Å². The molecule has 114 valence electrons. The Kier molecular flexibility index (Phi) is 5.37. The zero-order valence-electron chi connectivity index (χ0n) is 12.5. The highest BCUT2D eigenvalue weighted by Crippen LogP contribution is 2.31.